The number of aryl methyl sites for hydroxylation is 1. The van der Waals surface area contributed by atoms with E-state index in [4.69, 9.17) is 9.47 Å². The second-order valence-corrected chi connectivity index (χ2v) is 8.31. The van der Waals surface area contributed by atoms with Crippen LogP contribution in [0.2, 0.25) is 0 Å². The summed E-state index contributed by atoms with van der Waals surface area (Å²) in [7, 11) is 1.68. The second kappa shape index (κ2) is 12.2. The third kappa shape index (κ3) is 7.20. The number of fused-ring (bicyclic) bond motifs is 1. The van der Waals surface area contributed by atoms with E-state index in [0.29, 0.717) is 24.5 Å². The minimum Gasteiger partial charge on any atom is -0.508 e. The Morgan fingerprint density at radius 3 is 2.55 bits per heavy atom. The Hall–Kier alpha value is -2.69. The molecule has 0 fully saturated rings. The van der Waals surface area contributed by atoms with Crippen molar-refractivity contribution in [2.45, 2.75) is 66.2 Å². The molecule has 1 aromatic heterocycles. The lowest BCUT2D eigenvalue weighted by Crippen LogP contribution is -2.21. The van der Waals surface area contributed by atoms with Gasteiger partial charge in [0.1, 0.15) is 12.4 Å². The van der Waals surface area contributed by atoms with Gasteiger partial charge in [0, 0.05) is 18.5 Å². The van der Waals surface area contributed by atoms with Crippen molar-refractivity contribution < 1.29 is 14.6 Å². The van der Waals surface area contributed by atoms with Crippen molar-refractivity contribution in [3.63, 3.8) is 0 Å². The summed E-state index contributed by atoms with van der Waals surface area (Å²) in [4.78, 5) is 13.0. The van der Waals surface area contributed by atoms with Gasteiger partial charge in [-0.3, -0.25) is 4.79 Å². The SMILES string of the molecule is CCCCCCOc1c(OC/C=C(\C)CCC=C(C)C)c(=O)n(C)c2cc(O)ccc12. The summed E-state index contributed by atoms with van der Waals surface area (Å²) in [5.74, 6) is 0.801. The fourth-order valence-electron chi connectivity index (χ4n) is 3.40. The quantitative estimate of drug-likeness (QED) is 0.320. The molecule has 0 saturated heterocycles. The van der Waals surface area contributed by atoms with Crippen LogP contribution in [0.15, 0.2) is 46.3 Å². The number of phenols is 1. The van der Waals surface area contributed by atoms with Crippen LogP contribution in [0.1, 0.15) is 66.2 Å². The fourth-order valence-corrected chi connectivity index (χ4v) is 3.40. The number of benzene rings is 1. The second-order valence-electron chi connectivity index (χ2n) is 8.31. The zero-order valence-electron chi connectivity index (χ0n) is 19.7. The van der Waals surface area contributed by atoms with Gasteiger partial charge in [0.2, 0.25) is 5.75 Å². The maximum Gasteiger partial charge on any atom is 0.297 e. The molecule has 1 aromatic carbocycles. The number of phenolic OH excluding ortho intramolecular Hbond substituents is 1. The molecule has 0 radical (unpaired) electrons. The number of ether oxygens (including phenoxy) is 2. The highest BCUT2D eigenvalue weighted by Gasteiger charge is 2.18. The lowest BCUT2D eigenvalue weighted by molar-refractivity contribution is 0.276. The van der Waals surface area contributed by atoms with Gasteiger partial charge in [-0.15, -0.1) is 0 Å². The Bertz CT molecular complexity index is 981. The number of hydrogen-bond donors (Lipinski definition) is 1. The molecule has 2 rings (SSSR count). The van der Waals surface area contributed by atoms with Gasteiger partial charge in [-0.1, -0.05) is 43.4 Å². The van der Waals surface area contributed by atoms with Gasteiger partial charge in [-0.05, 0) is 58.2 Å². The van der Waals surface area contributed by atoms with Crippen LogP contribution >= 0.6 is 0 Å². The van der Waals surface area contributed by atoms with Gasteiger partial charge < -0.3 is 19.1 Å². The lowest BCUT2D eigenvalue weighted by Gasteiger charge is -2.17. The van der Waals surface area contributed by atoms with Crippen molar-refractivity contribution in [3.05, 3.63) is 51.9 Å². The third-order valence-electron chi connectivity index (χ3n) is 5.29. The van der Waals surface area contributed by atoms with Crippen molar-refractivity contribution in [1.82, 2.24) is 4.57 Å². The Labute approximate surface area is 186 Å². The normalized spacial score (nSPS) is 11.6. The molecule has 170 valence electrons. The third-order valence-corrected chi connectivity index (χ3v) is 5.29. The average Bonchev–Trinajstić information content (AvgIpc) is 2.72. The van der Waals surface area contributed by atoms with E-state index in [-0.39, 0.29) is 17.1 Å². The van der Waals surface area contributed by atoms with Crippen LogP contribution in [0.5, 0.6) is 17.2 Å². The lowest BCUT2D eigenvalue weighted by atomic mass is 10.1. The summed E-state index contributed by atoms with van der Waals surface area (Å²) >= 11 is 0. The van der Waals surface area contributed by atoms with Gasteiger partial charge in [-0.2, -0.15) is 0 Å². The monoisotopic (exact) mass is 427 g/mol. The molecule has 0 aliphatic heterocycles. The van der Waals surface area contributed by atoms with Crippen LogP contribution in [-0.2, 0) is 7.05 Å². The number of aromatic nitrogens is 1. The van der Waals surface area contributed by atoms with Crippen molar-refractivity contribution in [2.75, 3.05) is 13.2 Å². The van der Waals surface area contributed by atoms with Crippen LogP contribution in [0.4, 0.5) is 0 Å². The molecular formula is C26H37NO4. The number of hydrogen-bond acceptors (Lipinski definition) is 4. The highest BCUT2D eigenvalue weighted by molar-refractivity contribution is 5.88. The highest BCUT2D eigenvalue weighted by Crippen LogP contribution is 2.34. The number of aromatic hydroxyl groups is 1. The summed E-state index contributed by atoms with van der Waals surface area (Å²) < 4.78 is 13.5. The average molecular weight is 428 g/mol. The van der Waals surface area contributed by atoms with Crippen molar-refractivity contribution in [2.24, 2.45) is 7.05 Å². The molecule has 5 heteroatoms. The molecule has 0 aliphatic carbocycles. The molecule has 5 nitrogen and oxygen atoms in total. The Morgan fingerprint density at radius 1 is 1.06 bits per heavy atom. The first kappa shape index (κ1) is 24.6. The standard InChI is InChI=1S/C26H37NO4/c1-6-7-8-9-16-30-24-22-14-13-21(28)18-23(22)27(5)26(29)25(24)31-17-15-20(4)12-10-11-19(2)3/h11,13-15,18,28H,6-10,12,16-17H2,1-5H3/b20-15+. The Balaban J connectivity index is 2.27. The zero-order valence-corrected chi connectivity index (χ0v) is 19.7. The van der Waals surface area contributed by atoms with Crippen molar-refractivity contribution in [3.8, 4) is 17.2 Å². The molecule has 31 heavy (non-hydrogen) atoms. The minimum absolute atomic E-state index is 0.111. The van der Waals surface area contributed by atoms with E-state index in [1.54, 1.807) is 25.2 Å². The zero-order chi connectivity index (χ0) is 22.8. The van der Waals surface area contributed by atoms with E-state index >= 15 is 0 Å². The molecule has 0 aliphatic rings. The van der Waals surface area contributed by atoms with Crippen LogP contribution in [-0.4, -0.2) is 22.9 Å². The first-order valence-corrected chi connectivity index (χ1v) is 11.3. The van der Waals surface area contributed by atoms with Gasteiger partial charge >= 0.3 is 0 Å². The Morgan fingerprint density at radius 2 is 1.84 bits per heavy atom. The molecule has 0 unspecified atom stereocenters. The molecule has 1 heterocycles. The van der Waals surface area contributed by atoms with E-state index in [2.05, 4.69) is 33.8 Å². The van der Waals surface area contributed by atoms with Gasteiger partial charge in [0.15, 0.2) is 5.75 Å². The van der Waals surface area contributed by atoms with E-state index < -0.39 is 0 Å². The predicted octanol–water partition coefficient (Wildman–Crippen LogP) is 6.27. The summed E-state index contributed by atoms with van der Waals surface area (Å²) in [6.45, 7) is 9.28. The number of nitrogens with zero attached hydrogens (tertiary/aromatic N) is 1. The summed E-state index contributed by atoms with van der Waals surface area (Å²) in [6.07, 6.45) is 10.5. The number of allylic oxidation sites excluding steroid dienone is 3. The van der Waals surface area contributed by atoms with Crippen molar-refractivity contribution >= 4 is 10.9 Å². The molecule has 0 bridgehead atoms. The van der Waals surface area contributed by atoms with E-state index in [1.165, 1.54) is 15.7 Å². The number of unbranched alkanes of at least 4 members (excludes halogenated alkanes) is 3. The van der Waals surface area contributed by atoms with E-state index in [9.17, 15) is 9.90 Å². The molecule has 0 amide bonds. The molecule has 2 aromatic rings. The maximum absolute atomic E-state index is 13.0. The largest absolute Gasteiger partial charge is 0.508 e. The number of rotatable bonds is 12. The van der Waals surface area contributed by atoms with E-state index in [1.807, 2.05) is 6.08 Å². The highest BCUT2D eigenvalue weighted by atomic mass is 16.5. The van der Waals surface area contributed by atoms with Gasteiger partial charge in [0.25, 0.3) is 5.56 Å². The van der Waals surface area contributed by atoms with E-state index in [0.717, 1.165) is 43.9 Å². The smallest absolute Gasteiger partial charge is 0.297 e. The predicted molar refractivity (Wildman–Crippen MR) is 128 cm³/mol. The first-order chi connectivity index (χ1) is 14.8. The molecular weight excluding hydrogens is 390 g/mol. The van der Waals surface area contributed by atoms with Gasteiger partial charge in [0.05, 0.1) is 12.1 Å². The molecule has 1 N–H and O–H groups in total. The van der Waals surface area contributed by atoms with Crippen molar-refractivity contribution in [1.29, 1.82) is 0 Å². The first-order valence-electron chi connectivity index (χ1n) is 11.3. The number of pyridine rings is 1. The summed E-state index contributed by atoms with van der Waals surface area (Å²) in [5.41, 5.74) is 2.89. The minimum atomic E-state index is -0.266. The Kier molecular flexibility index (Phi) is 9.70. The fraction of sp³-hybridized carbons (Fsp3) is 0.500. The van der Waals surface area contributed by atoms with Crippen LogP contribution < -0.4 is 15.0 Å². The summed E-state index contributed by atoms with van der Waals surface area (Å²) in [6, 6.07) is 4.96. The van der Waals surface area contributed by atoms with Crippen LogP contribution in [0.3, 0.4) is 0 Å². The van der Waals surface area contributed by atoms with Gasteiger partial charge in [-0.25, -0.2) is 0 Å². The maximum atomic E-state index is 13.0. The van der Waals surface area contributed by atoms with Crippen LogP contribution in [0, 0.1) is 0 Å². The molecule has 0 saturated carbocycles. The molecule has 0 atom stereocenters. The summed E-state index contributed by atoms with van der Waals surface area (Å²) in [5, 5.41) is 10.6. The topological polar surface area (TPSA) is 60.7 Å². The van der Waals surface area contributed by atoms with Crippen LogP contribution in [0.25, 0.3) is 10.9 Å². The molecule has 0 spiro atoms.